The molecule has 0 saturated heterocycles. The molecule has 0 unspecified atom stereocenters. The smallest absolute Gasteiger partial charge is 0.148 e. The maximum absolute atomic E-state index is 5.55. The van der Waals surface area contributed by atoms with Gasteiger partial charge in [-0.2, -0.15) is 0 Å². The van der Waals surface area contributed by atoms with Gasteiger partial charge in [-0.05, 0) is 12.1 Å². The minimum atomic E-state index is 0.431. The van der Waals surface area contributed by atoms with E-state index in [4.69, 9.17) is 5.73 Å². The molecule has 0 bridgehead atoms. The van der Waals surface area contributed by atoms with Crippen LogP contribution in [-0.2, 0) is 6.54 Å². The molecule has 17 heavy (non-hydrogen) atoms. The van der Waals surface area contributed by atoms with E-state index in [1.54, 1.807) is 6.20 Å². The predicted molar refractivity (Wildman–Crippen MR) is 68.5 cm³/mol. The number of para-hydroxylation sites is 1. The van der Waals surface area contributed by atoms with E-state index in [9.17, 15) is 0 Å². The van der Waals surface area contributed by atoms with Crippen molar-refractivity contribution < 1.29 is 0 Å². The number of rotatable bonds is 2. The molecule has 2 heterocycles. The van der Waals surface area contributed by atoms with Gasteiger partial charge in [0.25, 0.3) is 0 Å². The van der Waals surface area contributed by atoms with Gasteiger partial charge in [-0.25, -0.2) is 0 Å². The second kappa shape index (κ2) is 4.20. The van der Waals surface area contributed by atoms with Crippen LogP contribution >= 0.6 is 11.3 Å². The topological polar surface area (TPSA) is 64.7 Å². The lowest BCUT2D eigenvalue weighted by molar-refractivity contribution is 0.960. The van der Waals surface area contributed by atoms with E-state index in [1.165, 1.54) is 11.3 Å². The van der Waals surface area contributed by atoms with Crippen molar-refractivity contribution in [2.24, 2.45) is 5.73 Å². The van der Waals surface area contributed by atoms with Crippen molar-refractivity contribution in [3.05, 3.63) is 41.5 Å². The number of hydrogen-bond acceptors (Lipinski definition) is 5. The van der Waals surface area contributed by atoms with Crippen LogP contribution in [0.1, 0.15) is 5.01 Å². The van der Waals surface area contributed by atoms with Crippen LogP contribution in [0.3, 0.4) is 0 Å². The van der Waals surface area contributed by atoms with Crippen LogP contribution in [0.4, 0.5) is 0 Å². The molecule has 0 aliphatic heterocycles. The molecule has 0 amide bonds. The van der Waals surface area contributed by atoms with Gasteiger partial charge in [0.2, 0.25) is 0 Å². The third-order valence-electron chi connectivity index (χ3n) is 2.52. The van der Waals surface area contributed by atoms with Crippen LogP contribution in [0.25, 0.3) is 21.5 Å². The van der Waals surface area contributed by atoms with Gasteiger partial charge in [0, 0.05) is 23.7 Å². The van der Waals surface area contributed by atoms with E-state index in [1.807, 2.05) is 30.3 Å². The van der Waals surface area contributed by atoms with Crippen molar-refractivity contribution in [2.45, 2.75) is 6.54 Å². The summed E-state index contributed by atoms with van der Waals surface area (Å²) < 4.78 is 0. The molecule has 2 aromatic heterocycles. The molecule has 84 valence electrons. The number of nitrogens with two attached hydrogens (primary N) is 1. The van der Waals surface area contributed by atoms with E-state index in [0.29, 0.717) is 6.54 Å². The quantitative estimate of drug-likeness (QED) is 0.748. The highest BCUT2D eigenvalue weighted by Gasteiger charge is 2.09. The fraction of sp³-hybridized carbons (Fsp3) is 0.0833. The Kier molecular flexibility index (Phi) is 2.55. The van der Waals surface area contributed by atoms with Gasteiger partial charge in [-0.15, -0.1) is 10.2 Å². The molecule has 0 aliphatic carbocycles. The fourth-order valence-corrected chi connectivity index (χ4v) is 2.49. The summed E-state index contributed by atoms with van der Waals surface area (Å²) in [4.78, 5) is 4.33. The molecule has 1 aromatic carbocycles. The molecular formula is C12H10N4S. The second-order valence-corrected chi connectivity index (χ2v) is 4.64. The maximum atomic E-state index is 5.55. The average Bonchev–Trinajstić information content (AvgIpc) is 2.87. The number of hydrogen-bond donors (Lipinski definition) is 1. The molecule has 3 rings (SSSR count). The summed E-state index contributed by atoms with van der Waals surface area (Å²) in [6.07, 6.45) is 1.79. The van der Waals surface area contributed by atoms with Crippen molar-refractivity contribution in [3.8, 4) is 10.6 Å². The van der Waals surface area contributed by atoms with Gasteiger partial charge in [0.15, 0.2) is 0 Å². The summed E-state index contributed by atoms with van der Waals surface area (Å²) in [5, 5.41) is 11.0. The number of aromatic nitrogens is 3. The lowest BCUT2D eigenvalue weighted by atomic mass is 10.1. The van der Waals surface area contributed by atoms with E-state index in [-0.39, 0.29) is 0 Å². The first-order valence-corrected chi connectivity index (χ1v) is 6.06. The Labute approximate surface area is 102 Å². The number of nitrogens with zero attached hydrogens (tertiary/aromatic N) is 3. The van der Waals surface area contributed by atoms with Crippen LogP contribution in [0.5, 0.6) is 0 Å². The lowest BCUT2D eigenvalue weighted by Crippen LogP contribution is -1.94. The van der Waals surface area contributed by atoms with Crippen molar-refractivity contribution in [1.29, 1.82) is 0 Å². The Hall–Kier alpha value is -1.85. The molecule has 0 radical (unpaired) electrons. The zero-order chi connectivity index (χ0) is 11.7. The highest BCUT2D eigenvalue weighted by atomic mass is 32.1. The molecule has 5 heteroatoms. The third kappa shape index (κ3) is 1.79. The Morgan fingerprint density at radius 2 is 2.00 bits per heavy atom. The van der Waals surface area contributed by atoms with Crippen molar-refractivity contribution in [1.82, 2.24) is 15.2 Å². The number of benzene rings is 1. The molecular weight excluding hydrogens is 232 g/mol. The Bertz CT molecular complexity index is 657. The molecule has 2 N–H and O–H groups in total. The van der Waals surface area contributed by atoms with E-state index < -0.39 is 0 Å². The van der Waals surface area contributed by atoms with Gasteiger partial charge < -0.3 is 5.73 Å². The maximum Gasteiger partial charge on any atom is 0.148 e. The van der Waals surface area contributed by atoms with Crippen LogP contribution in [0.15, 0.2) is 36.5 Å². The fourth-order valence-electron chi connectivity index (χ4n) is 1.73. The van der Waals surface area contributed by atoms with E-state index >= 15 is 0 Å². The molecule has 0 saturated carbocycles. The molecule has 4 nitrogen and oxygen atoms in total. The van der Waals surface area contributed by atoms with Crippen molar-refractivity contribution in [2.75, 3.05) is 0 Å². The molecule has 0 aliphatic rings. The zero-order valence-electron chi connectivity index (χ0n) is 9.00. The first-order chi connectivity index (χ1) is 8.38. The van der Waals surface area contributed by atoms with Gasteiger partial charge in [-0.1, -0.05) is 29.5 Å². The molecule has 0 fully saturated rings. The summed E-state index contributed by atoms with van der Waals surface area (Å²) >= 11 is 1.53. The highest BCUT2D eigenvalue weighted by molar-refractivity contribution is 7.14. The minimum Gasteiger partial charge on any atom is -0.324 e. The number of fused-ring (bicyclic) bond motifs is 1. The van der Waals surface area contributed by atoms with E-state index in [2.05, 4.69) is 15.2 Å². The summed E-state index contributed by atoms with van der Waals surface area (Å²) in [5.74, 6) is 0. The first kappa shape index (κ1) is 10.3. The Balaban J connectivity index is 2.23. The van der Waals surface area contributed by atoms with Gasteiger partial charge >= 0.3 is 0 Å². The van der Waals surface area contributed by atoms with Crippen molar-refractivity contribution in [3.63, 3.8) is 0 Å². The Morgan fingerprint density at radius 1 is 1.12 bits per heavy atom. The van der Waals surface area contributed by atoms with Crippen LogP contribution < -0.4 is 5.73 Å². The minimum absolute atomic E-state index is 0.431. The molecule has 0 atom stereocenters. The predicted octanol–water partition coefficient (Wildman–Crippen LogP) is 2.21. The van der Waals surface area contributed by atoms with Gasteiger partial charge in [0.05, 0.1) is 5.52 Å². The normalized spacial score (nSPS) is 10.9. The standard InChI is InChI=1S/C12H10N4S/c13-7-11-15-16-12(17-11)9-5-6-14-10-4-2-1-3-8(9)10/h1-6H,7,13H2. The third-order valence-corrected chi connectivity index (χ3v) is 3.50. The van der Waals surface area contributed by atoms with Crippen molar-refractivity contribution >= 4 is 22.2 Å². The molecule has 3 aromatic rings. The zero-order valence-corrected chi connectivity index (χ0v) is 9.81. The second-order valence-electron chi connectivity index (χ2n) is 3.58. The summed E-state index contributed by atoms with van der Waals surface area (Å²) in [7, 11) is 0. The summed E-state index contributed by atoms with van der Waals surface area (Å²) in [5.41, 5.74) is 7.58. The number of pyridine rings is 1. The van der Waals surface area contributed by atoms with Gasteiger partial charge in [-0.3, -0.25) is 4.98 Å². The van der Waals surface area contributed by atoms with Gasteiger partial charge in [0.1, 0.15) is 10.0 Å². The molecule has 0 spiro atoms. The lowest BCUT2D eigenvalue weighted by Gasteiger charge is -2.01. The van der Waals surface area contributed by atoms with Crippen LogP contribution in [0.2, 0.25) is 0 Å². The average molecular weight is 242 g/mol. The van der Waals surface area contributed by atoms with E-state index in [0.717, 1.165) is 26.5 Å². The SMILES string of the molecule is NCc1nnc(-c2ccnc3ccccc23)s1. The van der Waals surface area contributed by atoms with Crippen LogP contribution in [0, 0.1) is 0 Å². The summed E-state index contributed by atoms with van der Waals surface area (Å²) in [6, 6.07) is 9.97. The summed E-state index contributed by atoms with van der Waals surface area (Å²) in [6.45, 7) is 0.431. The highest BCUT2D eigenvalue weighted by Crippen LogP contribution is 2.29. The van der Waals surface area contributed by atoms with Crippen LogP contribution in [-0.4, -0.2) is 15.2 Å². The Morgan fingerprint density at radius 3 is 2.82 bits per heavy atom. The largest absolute Gasteiger partial charge is 0.324 e. The first-order valence-electron chi connectivity index (χ1n) is 5.25. The monoisotopic (exact) mass is 242 g/mol.